The van der Waals surface area contributed by atoms with Gasteiger partial charge in [-0.2, -0.15) is 0 Å². The van der Waals surface area contributed by atoms with Crippen LogP contribution in [0, 0.1) is 5.92 Å². The van der Waals surface area contributed by atoms with Crippen molar-refractivity contribution in [3.8, 4) is 0 Å². The summed E-state index contributed by atoms with van der Waals surface area (Å²) in [7, 11) is -3.28. The number of benzene rings is 2. The summed E-state index contributed by atoms with van der Waals surface area (Å²) < 4.78 is 25.4. The normalized spacial score (nSPS) is 21.8. The lowest BCUT2D eigenvalue weighted by atomic mass is 9.86. The molecule has 1 saturated heterocycles. The van der Waals surface area contributed by atoms with Crippen LogP contribution in [0.2, 0.25) is 5.15 Å². The number of anilines is 2. The van der Waals surface area contributed by atoms with Gasteiger partial charge in [-0.25, -0.2) is 18.4 Å². The van der Waals surface area contributed by atoms with Crippen molar-refractivity contribution in [1.82, 2.24) is 15.3 Å². The summed E-state index contributed by atoms with van der Waals surface area (Å²) in [4.78, 5) is 7.99. The Bertz CT molecular complexity index is 1290. The van der Waals surface area contributed by atoms with E-state index < -0.39 is 22.0 Å². The molecule has 7 nitrogen and oxygen atoms in total. The monoisotopic (exact) mass is 528 g/mol. The van der Waals surface area contributed by atoms with E-state index in [1.165, 1.54) is 11.9 Å². The fourth-order valence-electron chi connectivity index (χ4n) is 4.53. The highest BCUT2D eigenvalue weighted by Gasteiger charge is 2.39. The van der Waals surface area contributed by atoms with Crippen molar-refractivity contribution in [3.05, 3.63) is 82.8 Å². The van der Waals surface area contributed by atoms with E-state index in [0.29, 0.717) is 23.9 Å². The zero-order valence-electron chi connectivity index (χ0n) is 20.8. The van der Waals surface area contributed by atoms with Gasteiger partial charge in [0, 0.05) is 30.3 Å². The Balaban J connectivity index is 1.41. The summed E-state index contributed by atoms with van der Waals surface area (Å²) in [5.74, 6) is 0.111. The lowest BCUT2D eigenvalue weighted by Crippen LogP contribution is -2.54. The molecule has 36 heavy (non-hydrogen) atoms. The number of hydrogen-bond acceptors (Lipinski definition) is 7. The average Bonchev–Trinajstić information content (AvgIpc) is 2.81. The molecule has 0 spiro atoms. The summed E-state index contributed by atoms with van der Waals surface area (Å²) in [5, 5.41) is 17.9. The van der Waals surface area contributed by atoms with Crippen molar-refractivity contribution in [3.63, 3.8) is 0 Å². The van der Waals surface area contributed by atoms with E-state index in [-0.39, 0.29) is 22.8 Å². The number of aliphatic hydroxyl groups is 1. The molecule has 1 aromatic heterocycles. The van der Waals surface area contributed by atoms with Crippen molar-refractivity contribution in [2.45, 2.75) is 51.3 Å². The third-order valence-electron chi connectivity index (χ3n) is 6.52. The van der Waals surface area contributed by atoms with E-state index in [0.717, 1.165) is 16.8 Å². The van der Waals surface area contributed by atoms with Crippen LogP contribution in [0.3, 0.4) is 0 Å². The van der Waals surface area contributed by atoms with Crippen LogP contribution in [0.4, 0.5) is 11.5 Å². The number of halogens is 1. The molecule has 9 heteroatoms. The van der Waals surface area contributed by atoms with Gasteiger partial charge in [-0.1, -0.05) is 68.8 Å². The first kappa shape index (κ1) is 26.5. The number of hydrogen-bond donors (Lipinski definition) is 3. The second kappa shape index (κ2) is 10.8. The van der Waals surface area contributed by atoms with Crippen molar-refractivity contribution in [2.24, 2.45) is 5.92 Å². The fourth-order valence-corrected chi connectivity index (χ4v) is 6.64. The molecular formula is C27H33ClN4O3S. The molecule has 3 atom stereocenters. The van der Waals surface area contributed by atoms with Gasteiger partial charge in [-0.3, -0.25) is 0 Å². The summed E-state index contributed by atoms with van der Waals surface area (Å²) in [6.07, 6.45) is 1.09. The zero-order valence-corrected chi connectivity index (χ0v) is 22.4. The Kier molecular flexibility index (Phi) is 7.99. The summed E-state index contributed by atoms with van der Waals surface area (Å²) >= 11 is 5.91. The quantitative estimate of drug-likeness (QED) is 0.393. The predicted molar refractivity (Wildman–Crippen MR) is 144 cm³/mol. The van der Waals surface area contributed by atoms with Crippen LogP contribution < -0.4 is 10.6 Å². The third-order valence-corrected chi connectivity index (χ3v) is 8.53. The van der Waals surface area contributed by atoms with Gasteiger partial charge in [0.15, 0.2) is 9.84 Å². The number of nitrogens with one attached hydrogen (secondary N) is 2. The first-order valence-corrected chi connectivity index (χ1v) is 14.2. The SMILES string of the molecule is CC(C)(C)c1cccc(CN[C@H]2CS(=O)(=O)C[C@@H](Cc3ccc(Nc4cc(Cl)ncn4)cc3)[C@@H]2O)c1. The van der Waals surface area contributed by atoms with Crippen molar-refractivity contribution >= 4 is 32.9 Å². The van der Waals surface area contributed by atoms with E-state index >= 15 is 0 Å². The van der Waals surface area contributed by atoms with Crippen LogP contribution in [0.5, 0.6) is 0 Å². The van der Waals surface area contributed by atoms with Gasteiger partial charge in [0.05, 0.1) is 17.6 Å². The minimum absolute atomic E-state index is 0.0225. The zero-order chi connectivity index (χ0) is 25.9. The molecule has 2 heterocycles. The highest BCUT2D eigenvalue weighted by atomic mass is 35.5. The first-order chi connectivity index (χ1) is 17.0. The number of sulfone groups is 1. The number of aliphatic hydroxyl groups excluding tert-OH is 1. The van der Waals surface area contributed by atoms with Crippen molar-refractivity contribution in [2.75, 3.05) is 16.8 Å². The second-order valence-electron chi connectivity index (χ2n) is 10.5. The predicted octanol–water partition coefficient (Wildman–Crippen LogP) is 4.28. The minimum Gasteiger partial charge on any atom is -0.391 e. The van der Waals surface area contributed by atoms with Crippen molar-refractivity contribution < 1.29 is 13.5 Å². The first-order valence-electron chi connectivity index (χ1n) is 12.0. The number of nitrogens with zero attached hydrogens (tertiary/aromatic N) is 2. The van der Waals surface area contributed by atoms with Gasteiger partial charge in [-0.05, 0) is 40.7 Å². The lowest BCUT2D eigenvalue weighted by Gasteiger charge is -2.35. The molecular weight excluding hydrogens is 496 g/mol. The highest BCUT2D eigenvalue weighted by molar-refractivity contribution is 7.91. The molecule has 2 aromatic carbocycles. The van der Waals surface area contributed by atoms with Crippen LogP contribution in [0.25, 0.3) is 0 Å². The van der Waals surface area contributed by atoms with E-state index in [4.69, 9.17) is 11.6 Å². The third kappa shape index (κ3) is 7.03. The van der Waals surface area contributed by atoms with E-state index in [1.807, 2.05) is 36.4 Å². The Hall–Kier alpha value is -2.52. The standard InChI is InChI=1S/C27H33ClN4O3S/c1-27(2,3)21-6-4-5-19(12-21)14-29-23-16-36(34,35)15-20(26(23)33)11-18-7-9-22(10-8-18)32-25-13-24(28)30-17-31-25/h4-10,12-13,17,20,23,26,29,33H,11,14-16H2,1-3H3,(H,30,31,32)/t20-,23+,26+/m1/s1. The Labute approximate surface area is 218 Å². The molecule has 1 fully saturated rings. The molecule has 0 unspecified atom stereocenters. The molecule has 0 saturated carbocycles. The Morgan fingerprint density at radius 2 is 1.78 bits per heavy atom. The topological polar surface area (TPSA) is 104 Å². The van der Waals surface area contributed by atoms with Crippen LogP contribution in [-0.2, 0) is 28.2 Å². The molecule has 0 radical (unpaired) electrons. The molecule has 0 amide bonds. The molecule has 192 valence electrons. The summed E-state index contributed by atoms with van der Waals surface area (Å²) in [6, 6.07) is 17.0. The molecule has 1 aliphatic heterocycles. The van der Waals surface area contributed by atoms with Gasteiger partial charge in [0.1, 0.15) is 17.3 Å². The fraction of sp³-hybridized carbons (Fsp3) is 0.407. The van der Waals surface area contributed by atoms with Gasteiger partial charge in [-0.15, -0.1) is 0 Å². The average molecular weight is 529 g/mol. The summed E-state index contributed by atoms with van der Waals surface area (Å²) in [6.45, 7) is 6.99. The van der Waals surface area contributed by atoms with Gasteiger partial charge in [0.25, 0.3) is 0 Å². The van der Waals surface area contributed by atoms with Crippen LogP contribution in [0.15, 0.2) is 60.9 Å². The molecule has 1 aliphatic rings. The highest BCUT2D eigenvalue weighted by Crippen LogP contribution is 2.26. The number of aromatic nitrogens is 2. The maximum absolute atomic E-state index is 12.7. The van der Waals surface area contributed by atoms with Crippen LogP contribution >= 0.6 is 11.6 Å². The minimum atomic E-state index is -3.28. The second-order valence-corrected chi connectivity index (χ2v) is 13.1. The van der Waals surface area contributed by atoms with Gasteiger partial charge in [0.2, 0.25) is 0 Å². The van der Waals surface area contributed by atoms with E-state index in [1.54, 1.807) is 6.07 Å². The Morgan fingerprint density at radius 3 is 2.47 bits per heavy atom. The maximum Gasteiger partial charge on any atom is 0.152 e. The summed E-state index contributed by atoms with van der Waals surface area (Å²) in [5.41, 5.74) is 4.10. The number of rotatable bonds is 7. The van der Waals surface area contributed by atoms with Gasteiger partial charge < -0.3 is 15.7 Å². The smallest absolute Gasteiger partial charge is 0.152 e. The van der Waals surface area contributed by atoms with Crippen molar-refractivity contribution in [1.29, 1.82) is 0 Å². The molecule has 3 aromatic rings. The lowest BCUT2D eigenvalue weighted by molar-refractivity contribution is 0.0781. The molecule has 3 N–H and O–H groups in total. The van der Waals surface area contributed by atoms with E-state index in [2.05, 4.69) is 53.5 Å². The Morgan fingerprint density at radius 1 is 1.03 bits per heavy atom. The van der Waals surface area contributed by atoms with E-state index in [9.17, 15) is 13.5 Å². The molecule has 0 aliphatic carbocycles. The molecule has 4 rings (SSSR count). The maximum atomic E-state index is 12.7. The van der Waals surface area contributed by atoms with Crippen LogP contribution in [0.1, 0.15) is 37.5 Å². The largest absolute Gasteiger partial charge is 0.391 e. The molecule has 0 bridgehead atoms. The van der Waals surface area contributed by atoms with Crippen LogP contribution in [-0.4, -0.2) is 47.1 Å². The van der Waals surface area contributed by atoms with Gasteiger partial charge >= 0.3 is 0 Å².